The van der Waals surface area contributed by atoms with Crippen molar-refractivity contribution in [3.05, 3.63) is 34.9 Å². The average Bonchev–Trinajstić information content (AvgIpc) is 2.25. The van der Waals surface area contributed by atoms with Gasteiger partial charge in [0, 0.05) is 5.02 Å². The minimum absolute atomic E-state index is 0.0242. The van der Waals surface area contributed by atoms with Gasteiger partial charge in [-0.2, -0.15) is 4.89 Å². The van der Waals surface area contributed by atoms with Crippen molar-refractivity contribution in [3.8, 4) is 0 Å². The predicted molar refractivity (Wildman–Crippen MR) is 65.6 cm³/mol. The van der Waals surface area contributed by atoms with E-state index in [9.17, 15) is 0 Å². The maximum Gasteiger partial charge on any atom is 0.215 e. The molecule has 0 aromatic heterocycles. The molecule has 1 atom stereocenters. The summed E-state index contributed by atoms with van der Waals surface area (Å²) in [5, 5.41) is 0.718. The second-order valence-corrected chi connectivity index (χ2v) is 4.13. The van der Waals surface area contributed by atoms with Gasteiger partial charge in [0.25, 0.3) is 0 Å². The van der Waals surface area contributed by atoms with Gasteiger partial charge in [-0.25, -0.2) is 4.99 Å². The van der Waals surface area contributed by atoms with Gasteiger partial charge in [-0.15, -0.1) is 0 Å². The highest BCUT2D eigenvalue weighted by Gasteiger charge is 2.16. The van der Waals surface area contributed by atoms with Crippen molar-refractivity contribution >= 4 is 18.0 Å². The Morgan fingerprint density at radius 1 is 1.31 bits per heavy atom. The first-order valence-electron chi connectivity index (χ1n) is 5.12. The van der Waals surface area contributed by atoms with Crippen molar-refractivity contribution in [1.82, 2.24) is 0 Å². The fourth-order valence-corrected chi connectivity index (χ4v) is 1.71. The smallest absolute Gasteiger partial charge is 0.215 e. The fourth-order valence-electron chi connectivity index (χ4n) is 1.46. The maximum absolute atomic E-state index is 6.13. The van der Waals surface area contributed by atoms with Crippen LogP contribution in [0.2, 0.25) is 5.02 Å². The molecule has 0 radical (unpaired) electrons. The summed E-state index contributed by atoms with van der Waals surface area (Å²) in [5.74, 6) is 0.330. The zero-order valence-corrected chi connectivity index (χ0v) is 10.4. The van der Waals surface area contributed by atoms with Gasteiger partial charge < -0.3 is 4.89 Å². The van der Waals surface area contributed by atoms with Crippen LogP contribution in [-0.4, -0.2) is 13.5 Å². The van der Waals surface area contributed by atoms with Crippen molar-refractivity contribution in [1.29, 1.82) is 0 Å². The first kappa shape index (κ1) is 13.0. The normalized spacial score (nSPS) is 13.3. The highest BCUT2D eigenvalue weighted by molar-refractivity contribution is 6.31. The largest absolute Gasteiger partial charge is 0.326 e. The van der Waals surface area contributed by atoms with Gasteiger partial charge >= 0.3 is 0 Å². The first-order chi connectivity index (χ1) is 7.66. The third-order valence-electron chi connectivity index (χ3n) is 2.22. The lowest BCUT2D eigenvalue weighted by atomic mass is 9.97. The third-order valence-corrected chi connectivity index (χ3v) is 2.56. The number of aliphatic imine (C=N–C) groups is 1. The minimum atomic E-state index is -0.0242. The molecule has 0 aliphatic heterocycles. The van der Waals surface area contributed by atoms with Gasteiger partial charge in [-0.1, -0.05) is 43.6 Å². The fraction of sp³-hybridized carbons (Fsp3) is 0.417. The Hall–Kier alpha value is -1.06. The van der Waals surface area contributed by atoms with Crippen LogP contribution in [0.5, 0.6) is 0 Å². The molecule has 0 spiro atoms. The maximum atomic E-state index is 6.13. The van der Waals surface area contributed by atoms with E-state index in [-0.39, 0.29) is 6.04 Å². The predicted octanol–water partition coefficient (Wildman–Crippen LogP) is 3.64. The molecular weight excluding hydrogens is 226 g/mol. The van der Waals surface area contributed by atoms with Gasteiger partial charge in [-0.05, 0) is 17.5 Å². The lowest BCUT2D eigenvalue weighted by Gasteiger charge is -2.17. The number of hydrogen-bond donors (Lipinski definition) is 0. The van der Waals surface area contributed by atoms with Crippen LogP contribution < -0.4 is 0 Å². The Bertz CT molecular complexity index is 353. The monoisotopic (exact) mass is 241 g/mol. The number of halogens is 1. The molecule has 1 rings (SSSR count). The molecule has 1 aromatic carbocycles. The second kappa shape index (κ2) is 6.51. The molecule has 0 aliphatic rings. The lowest BCUT2D eigenvalue weighted by molar-refractivity contribution is -0.188. The molecule has 0 saturated heterocycles. The van der Waals surface area contributed by atoms with Crippen molar-refractivity contribution in [2.24, 2.45) is 10.9 Å². The molecule has 0 amide bonds. The lowest BCUT2D eigenvalue weighted by Crippen LogP contribution is -2.05. The molecule has 4 heteroatoms. The second-order valence-electron chi connectivity index (χ2n) is 3.73. The summed E-state index contributed by atoms with van der Waals surface area (Å²) in [4.78, 5) is 13.4. The average molecular weight is 242 g/mol. The van der Waals surface area contributed by atoms with E-state index in [1.54, 1.807) is 0 Å². The van der Waals surface area contributed by atoms with E-state index < -0.39 is 0 Å². The summed E-state index contributed by atoms with van der Waals surface area (Å²) < 4.78 is 0. The van der Waals surface area contributed by atoms with Crippen LogP contribution in [-0.2, 0) is 9.78 Å². The summed E-state index contributed by atoms with van der Waals surface area (Å²) in [6, 6.07) is 7.65. The van der Waals surface area contributed by atoms with Gasteiger partial charge in [0.2, 0.25) is 6.40 Å². The van der Waals surface area contributed by atoms with E-state index in [1.165, 1.54) is 13.5 Å². The van der Waals surface area contributed by atoms with E-state index >= 15 is 0 Å². The quantitative estimate of drug-likeness (QED) is 0.341. The van der Waals surface area contributed by atoms with Crippen LogP contribution in [0.3, 0.4) is 0 Å². The van der Waals surface area contributed by atoms with Crippen LogP contribution >= 0.6 is 11.6 Å². The molecule has 0 aliphatic carbocycles. The molecule has 0 bridgehead atoms. The summed E-state index contributed by atoms with van der Waals surface area (Å²) in [6.07, 6.45) is 1.30. The Morgan fingerprint density at radius 3 is 2.56 bits per heavy atom. The first-order valence-corrected chi connectivity index (χ1v) is 5.50. The molecule has 16 heavy (non-hydrogen) atoms. The highest BCUT2D eigenvalue weighted by atomic mass is 35.5. The van der Waals surface area contributed by atoms with Crippen LogP contribution in [0.1, 0.15) is 25.5 Å². The number of benzene rings is 1. The molecule has 88 valence electrons. The summed E-state index contributed by atoms with van der Waals surface area (Å²) in [6.45, 7) is 4.16. The van der Waals surface area contributed by atoms with Crippen LogP contribution in [0.15, 0.2) is 29.3 Å². The summed E-state index contributed by atoms with van der Waals surface area (Å²) >= 11 is 6.13. The van der Waals surface area contributed by atoms with Crippen LogP contribution in [0.25, 0.3) is 0 Å². The standard InChI is InChI=1S/C12H16ClNO2/c1-9(2)12(14-8-16-15-3)10-6-4-5-7-11(10)13/h4-9,12H,1-3H3/b14-8+/t12-/m0/s1. The van der Waals surface area contributed by atoms with E-state index in [0.717, 1.165) is 10.6 Å². The van der Waals surface area contributed by atoms with E-state index in [1.807, 2.05) is 24.3 Å². The molecule has 1 aromatic rings. The SMILES string of the molecule is COO/C=N/[C@H](c1ccccc1Cl)C(C)C. The molecule has 0 N–H and O–H groups in total. The molecule has 0 unspecified atom stereocenters. The van der Waals surface area contributed by atoms with Crippen molar-refractivity contribution in [2.75, 3.05) is 7.11 Å². The highest BCUT2D eigenvalue weighted by Crippen LogP contribution is 2.30. The number of nitrogens with zero attached hydrogens (tertiary/aromatic N) is 1. The van der Waals surface area contributed by atoms with Gasteiger partial charge in [0.1, 0.15) is 0 Å². The van der Waals surface area contributed by atoms with Crippen molar-refractivity contribution in [2.45, 2.75) is 19.9 Å². The molecular formula is C12H16ClNO2. The van der Waals surface area contributed by atoms with Gasteiger partial charge in [0.05, 0.1) is 13.2 Å². The zero-order valence-electron chi connectivity index (χ0n) is 9.68. The third kappa shape index (κ3) is 3.51. The number of hydrogen-bond acceptors (Lipinski definition) is 3. The van der Waals surface area contributed by atoms with Crippen molar-refractivity contribution in [3.63, 3.8) is 0 Å². The van der Waals surface area contributed by atoms with E-state index in [4.69, 9.17) is 11.6 Å². The number of rotatable bonds is 5. The van der Waals surface area contributed by atoms with E-state index in [2.05, 4.69) is 28.6 Å². The van der Waals surface area contributed by atoms with Gasteiger partial charge in [0.15, 0.2) is 0 Å². The topological polar surface area (TPSA) is 30.8 Å². The van der Waals surface area contributed by atoms with Crippen LogP contribution in [0.4, 0.5) is 0 Å². The summed E-state index contributed by atoms with van der Waals surface area (Å²) in [5.41, 5.74) is 0.995. The Balaban J connectivity index is 2.90. The Kier molecular flexibility index (Phi) is 5.29. The summed E-state index contributed by atoms with van der Waals surface area (Å²) in [7, 11) is 1.44. The van der Waals surface area contributed by atoms with E-state index in [0.29, 0.717) is 5.92 Å². The molecule has 0 saturated carbocycles. The zero-order chi connectivity index (χ0) is 12.0. The van der Waals surface area contributed by atoms with Crippen LogP contribution in [0, 0.1) is 5.92 Å². The Morgan fingerprint density at radius 2 is 2.00 bits per heavy atom. The van der Waals surface area contributed by atoms with Crippen molar-refractivity contribution < 1.29 is 9.78 Å². The van der Waals surface area contributed by atoms with Gasteiger partial charge in [-0.3, -0.25) is 0 Å². The Labute approximate surface area is 101 Å². The molecule has 0 heterocycles. The minimum Gasteiger partial charge on any atom is -0.326 e. The molecule has 0 fully saturated rings. The molecule has 3 nitrogen and oxygen atoms in total.